The molecule has 0 saturated carbocycles. The van der Waals surface area contributed by atoms with E-state index in [-0.39, 0.29) is 25.7 Å². The number of rotatable bonds is 69. The summed E-state index contributed by atoms with van der Waals surface area (Å²) in [5.41, 5.74) is 0. The molecule has 0 saturated heterocycles. The van der Waals surface area contributed by atoms with Crippen molar-refractivity contribution in [3.05, 3.63) is 85.1 Å². The lowest BCUT2D eigenvalue weighted by Crippen LogP contribution is -2.30. The van der Waals surface area contributed by atoms with Crippen molar-refractivity contribution in [1.29, 1.82) is 0 Å². The molecule has 0 amide bonds. The molecule has 0 aromatic heterocycles. The topological polar surface area (TPSA) is 237 Å². The predicted octanol–water partition coefficient (Wildman–Crippen LogP) is 20.7. The van der Waals surface area contributed by atoms with Gasteiger partial charge in [-0.1, -0.05) is 235 Å². The fourth-order valence-corrected chi connectivity index (χ4v) is 11.2. The quantitative estimate of drug-likeness (QED) is 0.0169. The average Bonchev–Trinajstić information content (AvgIpc) is 1.32. The van der Waals surface area contributed by atoms with Crippen molar-refractivity contribution in [2.24, 2.45) is 0 Å². The second-order valence-corrected chi connectivity index (χ2v) is 27.4. The summed E-state index contributed by atoms with van der Waals surface area (Å²) in [6.45, 7) is 4.64. The lowest BCUT2D eigenvalue weighted by Gasteiger charge is -2.21. The molecule has 5 atom stereocenters. The van der Waals surface area contributed by atoms with Gasteiger partial charge in [0.25, 0.3) is 0 Å². The van der Waals surface area contributed by atoms with Crippen LogP contribution in [0.3, 0.4) is 0 Å². The first-order valence-electron chi connectivity index (χ1n) is 36.8. The smallest absolute Gasteiger partial charge is 0.462 e. The van der Waals surface area contributed by atoms with Crippen molar-refractivity contribution in [3.63, 3.8) is 0 Å². The van der Waals surface area contributed by atoms with Crippen LogP contribution in [0.25, 0.3) is 0 Å². The Morgan fingerprint density at radius 2 is 0.564 bits per heavy atom. The maximum absolute atomic E-state index is 13.0. The van der Waals surface area contributed by atoms with Crippen LogP contribution in [0, 0.1) is 0 Å². The maximum Gasteiger partial charge on any atom is 0.472 e. The van der Waals surface area contributed by atoms with Crippen LogP contribution in [0.4, 0.5) is 0 Å². The molecule has 0 heterocycles. The lowest BCUT2D eigenvalue weighted by atomic mass is 10.1. The Morgan fingerprint density at radius 3 is 0.894 bits per heavy atom. The Bertz CT molecular complexity index is 2120. The van der Waals surface area contributed by atoms with Crippen LogP contribution < -0.4 is 0 Å². The molecule has 17 nitrogen and oxygen atoms in total. The monoisotopic (exact) mass is 1370 g/mol. The van der Waals surface area contributed by atoms with Gasteiger partial charge in [-0.15, -0.1) is 0 Å². The zero-order valence-corrected chi connectivity index (χ0v) is 60.9. The standard InChI is InChI=1S/C75H132O17P2/c1-5-9-13-17-21-25-29-32-33-34-35-38-41-44-48-52-56-60-73(78)86-65-70(91-74(79)61-57-53-49-45-39-28-24-20-16-12-8-4)67-89-93(81,82)87-63-69(76)64-88-94(83,84)90-68-71(92-75(80)62-58-54-50-46-42-37-31-27-23-19-15-11-7-3)66-85-72(77)59-55-51-47-43-40-36-30-26-22-18-14-10-6-2/h9,13,20-21,24-27,30-33,35,38,69-71,76H,5-8,10-12,14-19,22-23,28-29,34,36-37,39-68H2,1-4H3,(H,81,82)(H,83,84)/b13-9-,24-20-,25-21-,30-26-,31-27-,33-32-,38-35-. The molecule has 0 aliphatic rings. The molecule has 0 rings (SSSR count). The Balaban J connectivity index is 5.33. The van der Waals surface area contributed by atoms with Gasteiger partial charge in [0.15, 0.2) is 12.2 Å². The SMILES string of the molecule is CC/C=C\C/C=C\C/C=C\C/C=C\CCCCCCC(=O)OCC(COP(=O)(O)OCC(O)COP(=O)(O)OCC(COC(=O)CCCCCCC/C=C\CCCCCC)OC(=O)CCCCCCC/C=C\CCCCCC)OC(=O)CCCCCCC/C=C\CCCC. The number of esters is 4. The molecule has 5 unspecified atom stereocenters. The summed E-state index contributed by atoms with van der Waals surface area (Å²) < 4.78 is 68.3. The fourth-order valence-electron chi connectivity index (χ4n) is 9.65. The van der Waals surface area contributed by atoms with E-state index < -0.39 is 97.5 Å². The Labute approximate surface area is 570 Å². The van der Waals surface area contributed by atoms with Gasteiger partial charge in [-0.2, -0.15) is 0 Å². The number of ether oxygens (including phenoxy) is 4. The zero-order valence-electron chi connectivity index (χ0n) is 59.1. The largest absolute Gasteiger partial charge is 0.472 e. The molecule has 0 spiro atoms. The fraction of sp³-hybridized carbons (Fsp3) is 0.760. The van der Waals surface area contributed by atoms with Crippen molar-refractivity contribution in [1.82, 2.24) is 0 Å². The number of hydrogen-bond acceptors (Lipinski definition) is 15. The van der Waals surface area contributed by atoms with E-state index in [1.165, 1.54) is 64.2 Å². The molecule has 0 bridgehead atoms. The highest BCUT2D eigenvalue weighted by Gasteiger charge is 2.30. The number of unbranched alkanes of at least 4 members (excludes halogenated alkanes) is 29. The van der Waals surface area contributed by atoms with E-state index in [0.717, 1.165) is 167 Å². The number of carbonyl (C=O) groups is 4. The molecule has 94 heavy (non-hydrogen) atoms. The molecule has 0 aromatic carbocycles. The van der Waals surface area contributed by atoms with Gasteiger partial charge >= 0.3 is 39.5 Å². The number of phosphoric ester groups is 2. The van der Waals surface area contributed by atoms with Gasteiger partial charge in [0.1, 0.15) is 19.3 Å². The third-order valence-electron chi connectivity index (χ3n) is 15.3. The minimum absolute atomic E-state index is 0.0791. The number of allylic oxidation sites excluding steroid dienone is 14. The maximum atomic E-state index is 13.0. The average molecular weight is 1370 g/mol. The number of carbonyl (C=O) groups excluding carboxylic acids is 4. The van der Waals surface area contributed by atoms with Crippen LogP contribution in [0.1, 0.15) is 310 Å². The van der Waals surface area contributed by atoms with Gasteiger partial charge in [0, 0.05) is 25.7 Å². The molecular formula is C75H132O17P2. The highest BCUT2D eigenvalue weighted by atomic mass is 31.2. The van der Waals surface area contributed by atoms with Crippen LogP contribution in [0.15, 0.2) is 85.1 Å². The van der Waals surface area contributed by atoms with Gasteiger partial charge in [-0.3, -0.25) is 37.3 Å². The third kappa shape index (κ3) is 66.8. The molecule has 0 aromatic rings. The van der Waals surface area contributed by atoms with Gasteiger partial charge in [0.2, 0.25) is 0 Å². The molecule has 0 fully saturated rings. The first-order chi connectivity index (χ1) is 45.7. The van der Waals surface area contributed by atoms with Gasteiger partial charge < -0.3 is 33.8 Å². The van der Waals surface area contributed by atoms with E-state index in [1.807, 2.05) is 0 Å². The van der Waals surface area contributed by atoms with E-state index in [2.05, 4.69) is 113 Å². The number of hydrogen-bond donors (Lipinski definition) is 3. The van der Waals surface area contributed by atoms with Gasteiger partial charge in [-0.05, 0) is 135 Å². The second kappa shape index (κ2) is 67.8. The summed E-state index contributed by atoms with van der Waals surface area (Å²) in [5, 5.41) is 10.6. The minimum Gasteiger partial charge on any atom is -0.462 e. The van der Waals surface area contributed by atoms with Crippen molar-refractivity contribution in [2.45, 2.75) is 329 Å². The highest BCUT2D eigenvalue weighted by molar-refractivity contribution is 7.47. The van der Waals surface area contributed by atoms with E-state index in [4.69, 9.17) is 37.0 Å². The van der Waals surface area contributed by atoms with Crippen molar-refractivity contribution < 1.29 is 80.2 Å². The Morgan fingerprint density at radius 1 is 0.309 bits per heavy atom. The second-order valence-electron chi connectivity index (χ2n) is 24.5. The van der Waals surface area contributed by atoms with E-state index >= 15 is 0 Å². The van der Waals surface area contributed by atoms with Crippen LogP contribution >= 0.6 is 15.6 Å². The van der Waals surface area contributed by atoms with Crippen LogP contribution in [-0.4, -0.2) is 96.7 Å². The van der Waals surface area contributed by atoms with Crippen molar-refractivity contribution in [2.75, 3.05) is 39.6 Å². The third-order valence-corrected chi connectivity index (χ3v) is 17.2. The van der Waals surface area contributed by atoms with Crippen LogP contribution in [0.5, 0.6) is 0 Å². The molecule has 544 valence electrons. The number of aliphatic hydroxyl groups excluding tert-OH is 1. The summed E-state index contributed by atoms with van der Waals surface area (Å²) in [6.07, 6.45) is 67.3. The molecule has 3 N–H and O–H groups in total. The number of aliphatic hydroxyl groups is 1. The molecule has 0 aliphatic carbocycles. The summed E-state index contributed by atoms with van der Waals surface area (Å²) in [5.74, 6) is -2.22. The Kier molecular flexibility index (Phi) is 65.1. The summed E-state index contributed by atoms with van der Waals surface area (Å²) in [4.78, 5) is 72.6. The molecule has 0 aliphatic heterocycles. The summed E-state index contributed by atoms with van der Waals surface area (Å²) in [7, 11) is -9.94. The van der Waals surface area contributed by atoms with Crippen molar-refractivity contribution in [3.8, 4) is 0 Å². The predicted molar refractivity (Wildman–Crippen MR) is 381 cm³/mol. The summed E-state index contributed by atoms with van der Waals surface area (Å²) >= 11 is 0. The van der Waals surface area contributed by atoms with Gasteiger partial charge in [-0.25, -0.2) is 9.13 Å². The normalized spacial score (nSPS) is 14.5. The van der Waals surface area contributed by atoms with E-state index in [1.54, 1.807) is 0 Å². The summed E-state index contributed by atoms with van der Waals surface area (Å²) in [6, 6.07) is 0. The zero-order chi connectivity index (χ0) is 69.0. The molecule has 19 heteroatoms. The molecular weight excluding hydrogens is 1230 g/mol. The minimum atomic E-state index is -4.97. The van der Waals surface area contributed by atoms with Crippen LogP contribution in [-0.2, 0) is 65.4 Å². The van der Waals surface area contributed by atoms with Crippen molar-refractivity contribution >= 4 is 39.5 Å². The molecule has 0 radical (unpaired) electrons. The van der Waals surface area contributed by atoms with Crippen LogP contribution in [0.2, 0.25) is 0 Å². The van der Waals surface area contributed by atoms with E-state index in [0.29, 0.717) is 25.7 Å². The lowest BCUT2D eigenvalue weighted by molar-refractivity contribution is -0.161. The van der Waals surface area contributed by atoms with Gasteiger partial charge in [0.05, 0.1) is 26.4 Å². The Hall–Kier alpha value is -3.76. The van der Waals surface area contributed by atoms with E-state index in [9.17, 15) is 43.2 Å². The first kappa shape index (κ1) is 90.2. The number of phosphoric acid groups is 2. The first-order valence-corrected chi connectivity index (χ1v) is 39.8. The highest BCUT2D eigenvalue weighted by Crippen LogP contribution is 2.45.